The van der Waals surface area contributed by atoms with E-state index in [0.29, 0.717) is 23.4 Å². The average molecular weight is 270 g/mol. The summed E-state index contributed by atoms with van der Waals surface area (Å²) in [5, 5.41) is 9.82. The quantitative estimate of drug-likeness (QED) is 0.765. The molecule has 0 radical (unpaired) electrons. The molecule has 0 saturated heterocycles. The molecule has 5 nitrogen and oxygen atoms in total. The van der Waals surface area contributed by atoms with Crippen LogP contribution in [0.3, 0.4) is 0 Å². The van der Waals surface area contributed by atoms with Crippen molar-refractivity contribution >= 4 is 11.0 Å². The number of nitrogens with one attached hydrogen (secondary N) is 1. The summed E-state index contributed by atoms with van der Waals surface area (Å²) in [7, 11) is 1.56. The number of hydrogen-bond donors (Lipinski definition) is 2. The number of aromatic hydroxyl groups is 1. The highest BCUT2D eigenvalue weighted by Crippen LogP contribution is 2.24. The van der Waals surface area contributed by atoms with E-state index in [4.69, 9.17) is 4.74 Å². The summed E-state index contributed by atoms with van der Waals surface area (Å²) in [4.78, 5) is 14.9. The molecule has 102 valence electrons. The molecular formula is C15H14N2O3. The Balaban J connectivity index is 2.15. The summed E-state index contributed by atoms with van der Waals surface area (Å²) in [6.07, 6.45) is 0. The number of rotatable bonds is 3. The number of benzene rings is 2. The summed E-state index contributed by atoms with van der Waals surface area (Å²) in [6.45, 7) is 0.304. The third kappa shape index (κ3) is 1.93. The minimum atomic E-state index is -0.229. The van der Waals surface area contributed by atoms with E-state index in [-0.39, 0.29) is 11.4 Å². The Bertz CT molecular complexity index is 817. The first-order chi connectivity index (χ1) is 9.70. The fourth-order valence-corrected chi connectivity index (χ4v) is 2.30. The van der Waals surface area contributed by atoms with Gasteiger partial charge in [-0.3, -0.25) is 4.57 Å². The molecule has 0 fully saturated rings. The molecule has 5 heteroatoms. The fraction of sp³-hybridized carbons (Fsp3) is 0.133. The van der Waals surface area contributed by atoms with Gasteiger partial charge in [-0.15, -0.1) is 0 Å². The zero-order valence-corrected chi connectivity index (χ0v) is 11.0. The van der Waals surface area contributed by atoms with Gasteiger partial charge >= 0.3 is 5.69 Å². The number of phenols is 1. The molecule has 1 heterocycles. The maximum Gasteiger partial charge on any atom is 0.326 e. The molecule has 0 spiro atoms. The van der Waals surface area contributed by atoms with Crippen LogP contribution in [0.1, 0.15) is 5.56 Å². The number of hydrogen-bond acceptors (Lipinski definition) is 3. The van der Waals surface area contributed by atoms with E-state index in [1.54, 1.807) is 35.9 Å². The first-order valence-electron chi connectivity index (χ1n) is 6.23. The van der Waals surface area contributed by atoms with Crippen LogP contribution in [0.5, 0.6) is 11.5 Å². The molecule has 0 amide bonds. The summed E-state index contributed by atoms with van der Waals surface area (Å²) in [5.41, 5.74) is 1.87. The van der Waals surface area contributed by atoms with Crippen LogP contribution < -0.4 is 10.4 Å². The monoisotopic (exact) mass is 270 g/mol. The predicted molar refractivity (Wildman–Crippen MR) is 76.3 cm³/mol. The highest BCUT2D eigenvalue weighted by molar-refractivity contribution is 5.81. The van der Waals surface area contributed by atoms with Gasteiger partial charge in [0, 0.05) is 5.56 Å². The van der Waals surface area contributed by atoms with Crippen molar-refractivity contribution in [3.05, 3.63) is 58.5 Å². The lowest BCUT2D eigenvalue weighted by Gasteiger charge is -2.06. The van der Waals surface area contributed by atoms with Crippen LogP contribution in [-0.4, -0.2) is 21.8 Å². The molecule has 1 aromatic heterocycles. The van der Waals surface area contributed by atoms with Crippen LogP contribution in [-0.2, 0) is 6.54 Å². The number of phenolic OH excluding ortho intramolecular Hbond substituents is 1. The van der Waals surface area contributed by atoms with Gasteiger partial charge in [-0.2, -0.15) is 0 Å². The lowest BCUT2D eigenvalue weighted by atomic mass is 10.2. The van der Waals surface area contributed by atoms with E-state index >= 15 is 0 Å². The first kappa shape index (κ1) is 12.3. The zero-order valence-electron chi connectivity index (χ0n) is 11.0. The van der Waals surface area contributed by atoms with Crippen LogP contribution in [0.2, 0.25) is 0 Å². The molecule has 20 heavy (non-hydrogen) atoms. The number of aromatic amines is 1. The molecule has 2 aromatic carbocycles. The molecule has 2 N–H and O–H groups in total. The van der Waals surface area contributed by atoms with Crippen LogP contribution in [0, 0.1) is 0 Å². The molecular weight excluding hydrogens is 256 g/mol. The van der Waals surface area contributed by atoms with Crippen LogP contribution in [0.25, 0.3) is 11.0 Å². The Morgan fingerprint density at radius 1 is 1.20 bits per heavy atom. The normalized spacial score (nSPS) is 10.8. The van der Waals surface area contributed by atoms with Crippen molar-refractivity contribution < 1.29 is 9.84 Å². The number of para-hydroxylation sites is 2. The van der Waals surface area contributed by atoms with E-state index < -0.39 is 0 Å². The Hall–Kier alpha value is -2.69. The number of fused-ring (bicyclic) bond motifs is 1. The molecule has 0 bridgehead atoms. The van der Waals surface area contributed by atoms with E-state index in [0.717, 1.165) is 5.52 Å². The summed E-state index contributed by atoms with van der Waals surface area (Å²) < 4.78 is 6.81. The lowest BCUT2D eigenvalue weighted by molar-refractivity contribution is 0.419. The Morgan fingerprint density at radius 2 is 2.00 bits per heavy atom. The van der Waals surface area contributed by atoms with Gasteiger partial charge in [0.1, 0.15) is 17.0 Å². The number of methoxy groups -OCH3 is 1. The summed E-state index contributed by atoms with van der Waals surface area (Å²) in [6, 6.07) is 12.4. The van der Waals surface area contributed by atoms with Gasteiger partial charge in [0.25, 0.3) is 0 Å². The average Bonchev–Trinajstić information content (AvgIpc) is 2.77. The van der Waals surface area contributed by atoms with E-state index in [2.05, 4.69) is 4.98 Å². The second kappa shape index (κ2) is 4.77. The molecule has 3 aromatic rings. The SMILES string of the molecule is COc1cccc2c1[nH]c(=O)n2Cc1ccccc1O. The van der Waals surface area contributed by atoms with Crippen molar-refractivity contribution in [3.8, 4) is 11.5 Å². The molecule has 0 aliphatic rings. The number of aromatic nitrogens is 2. The molecule has 0 unspecified atom stereocenters. The molecule has 0 atom stereocenters. The predicted octanol–water partition coefficient (Wildman–Crippen LogP) is 2.09. The van der Waals surface area contributed by atoms with Crippen LogP contribution in [0.4, 0.5) is 0 Å². The topological polar surface area (TPSA) is 67.2 Å². The highest BCUT2D eigenvalue weighted by Gasteiger charge is 2.11. The van der Waals surface area contributed by atoms with Gasteiger partial charge in [-0.25, -0.2) is 4.79 Å². The van der Waals surface area contributed by atoms with Crippen molar-refractivity contribution in [1.29, 1.82) is 0 Å². The molecule has 0 saturated carbocycles. The van der Waals surface area contributed by atoms with Gasteiger partial charge in [-0.05, 0) is 18.2 Å². The van der Waals surface area contributed by atoms with E-state index in [1.807, 2.05) is 18.2 Å². The number of H-pyrrole nitrogens is 1. The zero-order chi connectivity index (χ0) is 14.1. The summed E-state index contributed by atoms with van der Waals surface area (Å²) >= 11 is 0. The van der Waals surface area contributed by atoms with Crippen LogP contribution >= 0.6 is 0 Å². The Morgan fingerprint density at radius 3 is 2.75 bits per heavy atom. The minimum Gasteiger partial charge on any atom is -0.508 e. The third-order valence-corrected chi connectivity index (χ3v) is 3.31. The number of nitrogens with zero attached hydrogens (tertiary/aromatic N) is 1. The molecule has 3 rings (SSSR count). The van der Waals surface area contributed by atoms with Crippen molar-refractivity contribution in [1.82, 2.24) is 9.55 Å². The number of imidazole rings is 1. The van der Waals surface area contributed by atoms with E-state index in [1.165, 1.54) is 0 Å². The smallest absolute Gasteiger partial charge is 0.326 e. The van der Waals surface area contributed by atoms with Crippen molar-refractivity contribution in [2.75, 3.05) is 7.11 Å². The van der Waals surface area contributed by atoms with Crippen molar-refractivity contribution in [2.45, 2.75) is 6.54 Å². The second-order valence-electron chi connectivity index (χ2n) is 4.50. The maximum absolute atomic E-state index is 12.1. The Kier molecular flexibility index (Phi) is 2.95. The fourth-order valence-electron chi connectivity index (χ4n) is 2.30. The first-order valence-corrected chi connectivity index (χ1v) is 6.23. The molecule has 0 aliphatic carbocycles. The maximum atomic E-state index is 12.1. The van der Waals surface area contributed by atoms with Gasteiger partial charge in [0.15, 0.2) is 0 Å². The molecule has 0 aliphatic heterocycles. The standard InChI is InChI=1S/C15H14N2O3/c1-20-13-8-4-6-11-14(13)16-15(19)17(11)9-10-5-2-3-7-12(10)18/h2-8,18H,9H2,1H3,(H,16,19). The third-order valence-electron chi connectivity index (χ3n) is 3.31. The van der Waals surface area contributed by atoms with Gasteiger partial charge in [-0.1, -0.05) is 24.3 Å². The Labute approximate surface area is 115 Å². The van der Waals surface area contributed by atoms with Crippen LogP contribution in [0.15, 0.2) is 47.3 Å². The summed E-state index contributed by atoms with van der Waals surface area (Å²) in [5.74, 6) is 0.798. The highest BCUT2D eigenvalue weighted by atomic mass is 16.5. The number of ether oxygens (including phenoxy) is 1. The van der Waals surface area contributed by atoms with Gasteiger partial charge in [0.2, 0.25) is 0 Å². The second-order valence-corrected chi connectivity index (χ2v) is 4.50. The van der Waals surface area contributed by atoms with Gasteiger partial charge in [0.05, 0.1) is 19.2 Å². The van der Waals surface area contributed by atoms with Crippen molar-refractivity contribution in [3.63, 3.8) is 0 Å². The minimum absolute atomic E-state index is 0.177. The lowest BCUT2D eigenvalue weighted by Crippen LogP contribution is -2.17. The van der Waals surface area contributed by atoms with Gasteiger partial charge < -0.3 is 14.8 Å². The largest absolute Gasteiger partial charge is 0.508 e. The van der Waals surface area contributed by atoms with E-state index in [9.17, 15) is 9.90 Å². The van der Waals surface area contributed by atoms with Crippen molar-refractivity contribution in [2.24, 2.45) is 0 Å².